The summed E-state index contributed by atoms with van der Waals surface area (Å²) < 4.78 is 2.04. The van der Waals surface area contributed by atoms with Crippen LogP contribution in [0.25, 0.3) is 33.5 Å². The van der Waals surface area contributed by atoms with Gasteiger partial charge in [0.2, 0.25) is 5.82 Å². The van der Waals surface area contributed by atoms with Crippen molar-refractivity contribution in [3.63, 3.8) is 0 Å². The molecule has 11 nitrogen and oxygen atoms in total. The van der Waals surface area contributed by atoms with Crippen molar-refractivity contribution in [1.29, 1.82) is 0 Å². The van der Waals surface area contributed by atoms with Gasteiger partial charge in [-0.25, -0.2) is 10.1 Å². The molecule has 3 N–H and O–H groups in total. The third kappa shape index (κ3) is 5.18. The van der Waals surface area contributed by atoms with Crippen LogP contribution in [0.1, 0.15) is 31.2 Å². The molecule has 0 atom stereocenters. The lowest BCUT2D eigenvalue weighted by atomic mass is 9.95. The van der Waals surface area contributed by atoms with Crippen molar-refractivity contribution in [2.75, 3.05) is 32.5 Å². The highest BCUT2D eigenvalue weighted by molar-refractivity contribution is 5.86. The van der Waals surface area contributed by atoms with E-state index in [0.717, 1.165) is 53.9 Å². The number of nitrogens with zero attached hydrogens (tertiary/aromatic N) is 7. The third-order valence-electron chi connectivity index (χ3n) is 6.51. The number of fused-ring (bicyclic) bond motifs is 1. The summed E-state index contributed by atoms with van der Waals surface area (Å²) >= 11 is 0. The maximum atomic E-state index is 13.1. The van der Waals surface area contributed by atoms with Crippen LogP contribution in [0.5, 0.6) is 0 Å². The molecule has 38 heavy (non-hydrogen) atoms. The molecule has 0 saturated heterocycles. The SMILES string of the molecule is CCCCc1nc2c(NCCN(C)C)n[nH]c(=O)c2n1Cc1ccccc1-c1ccccc1-c1nn[nH]n1. The zero-order chi connectivity index (χ0) is 26.5. The first-order valence-corrected chi connectivity index (χ1v) is 12.8. The molecule has 5 rings (SSSR count). The summed E-state index contributed by atoms with van der Waals surface area (Å²) in [5, 5.41) is 25.0. The number of likely N-dealkylation sites (N-methyl/N-ethyl adjacent to an activating group) is 1. The number of aryl methyl sites for hydroxylation is 1. The van der Waals surface area contributed by atoms with Gasteiger partial charge < -0.3 is 14.8 Å². The fraction of sp³-hybridized carbons (Fsp3) is 0.333. The highest BCUT2D eigenvalue weighted by atomic mass is 16.1. The summed E-state index contributed by atoms with van der Waals surface area (Å²) in [5.74, 6) is 1.99. The van der Waals surface area contributed by atoms with Crippen LogP contribution >= 0.6 is 0 Å². The maximum absolute atomic E-state index is 13.1. The Hall–Kier alpha value is -4.38. The summed E-state index contributed by atoms with van der Waals surface area (Å²) in [6, 6.07) is 16.2. The molecule has 0 aliphatic carbocycles. The molecule has 0 bridgehead atoms. The van der Waals surface area contributed by atoms with E-state index < -0.39 is 0 Å². The van der Waals surface area contributed by atoms with Crippen molar-refractivity contribution in [2.45, 2.75) is 32.7 Å². The summed E-state index contributed by atoms with van der Waals surface area (Å²) in [4.78, 5) is 20.2. The number of nitrogens with one attached hydrogen (secondary N) is 3. The summed E-state index contributed by atoms with van der Waals surface area (Å²) in [7, 11) is 4.03. The van der Waals surface area contributed by atoms with Gasteiger partial charge in [-0.15, -0.1) is 10.2 Å². The van der Waals surface area contributed by atoms with Gasteiger partial charge in [-0.1, -0.05) is 61.9 Å². The van der Waals surface area contributed by atoms with Crippen LogP contribution in [0.3, 0.4) is 0 Å². The number of hydrogen-bond donors (Lipinski definition) is 3. The van der Waals surface area contributed by atoms with Gasteiger partial charge in [0.15, 0.2) is 5.82 Å². The van der Waals surface area contributed by atoms with E-state index in [4.69, 9.17) is 4.98 Å². The number of H-pyrrole nitrogens is 2. The third-order valence-corrected chi connectivity index (χ3v) is 6.51. The molecule has 11 heteroatoms. The lowest BCUT2D eigenvalue weighted by Crippen LogP contribution is -2.22. The number of tetrazole rings is 1. The monoisotopic (exact) mass is 512 g/mol. The number of unbranched alkanes of at least 4 members (excludes halogenated alkanes) is 1. The van der Waals surface area contributed by atoms with Crippen LogP contribution in [-0.4, -0.2) is 72.5 Å². The molecule has 0 saturated carbocycles. The molecular weight excluding hydrogens is 480 g/mol. The van der Waals surface area contributed by atoms with E-state index in [1.165, 1.54) is 0 Å². The van der Waals surface area contributed by atoms with E-state index >= 15 is 0 Å². The highest BCUT2D eigenvalue weighted by Crippen LogP contribution is 2.33. The van der Waals surface area contributed by atoms with Crippen molar-refractivity contribution in [3.8, 4) is 22.5 Å². The van der Waals surface area contributed by atoms with Crippen LogP contribution in [0.15, 0.2) is 53.3 Å². The Morgan fingerprint density at radius 2 is 1.76 bits per heavy atom. The van der Waals surface area contributed by atoms with Crippen LogP contribution in [0.4, 0.5) is 5.82 Å². The average molecular weight is 513 g/mol. The molecular formula is C27H32N10O. The van der Waals surface area contributed by atoms with E-state index in [0.29, 0.717) is 35.8 Å². The Labute approximate surface area is 220 Å². The van der Waals surface area contributed by atoms with Gasteiger partial charge in [-0.3, -0.25) is 4.79 Å². The standard InChI is InChI=1S/C27H32N10O/c1-4-5-14-22-29-23-24(27(38)33-30-26(23)28-15-16-36(2)3)37(22)17-18-10-6-7-11-19(18)20-12-8-9-13-21(20)25-31-34-35-32-25/h6-13H,4-5,14-17H2,1-3H3,(H,28,30)(H,33,38)(H,31,32,34,35). The molecule has 0 aliphatic heterocycles. The largest absolute Gasteiger partial charge is 0.365 e. The van der Waals surface area contributed by atoms with Crippen molar-refractivity contribution < 1.29 is 0 Å². The molecule has 0 fully saturated rings. The molecule has 196 valence electrons. The Bertz CT molecular complexity index is 1570. The minimum Gasteiger partial charge on any atom is -0.365 e. The van der Waals surface area contributed by atoms with Crippen molar-refractivity contribution >= 4 is 16.9 Å². The molecule has 5 aromatic rings. The molecule has 0 aliphatic rings. The van der Waals surface area contributed by atoms with E-state index in [1.807, 2.05) is 49.0 Å². The van der Waals surface area contributed by atoms with E-state index in [1.54, 1.807) is 0 Å². The van der Waals surface area contributed by atoms with Crippen LogP contribution in [0.2, 0.25) is 0 Å². The number of aromatic amines is 2. The van der Waals surface area contributed by atoms with Gasteiger partial charge in [-0.2, -0.15) is 10.3 Å². The zero-order valence-electron chi connectivity index (χ0n) is 21.9. The second kappa shape index (κ2) is 11.3. The summed E-state index contributed by atoms with van der Waals surface area (Å²) in [6.07, 6.45) is 2.77. The molecule has 3 heterocycles. The normalized spacial score (nSPS) is 11.5. The van der Waals surface area contributed by atoms with Gasteiger partial charge in [0.1, 0.15) is 16.9 Å². The Morgan fingerprint density at radius 1 is 1.00 bits per heavy atom. The fourth-order valence-corrected chi connectivity index (χ4v) is 4.60. The summed E-state index contributed by atoms with van der Waals surface area (Å²) in [5.41, 5.74) is 4.83. The number of imidazole rings is 1. The van der Waals surface area contributed by atoms with Crippen LogP contribution < -0.4 is 10.9 Å². The zero-order valence-corrected chi connectivity index (χ0v) is 21.9. The quantitative estimate of drug-likeness (QED) is 0.245. The average Bonchev–Trinajstić information content (AvgIpc) is 3.58. The van der Waals surface area contributed by atoms with Gasteiger partial charge in [-0.05, 0) is 42.4 Å². The fourth-order valence-electron chi connectivity index (χ4n) is 4.60. The van der Waals surface area contributed by atoms with Crippen molar-refractivity contribution in [2.24, 2.45) is 0 Å². The maximum Gasteiger partial charge on any atom is 0.290 e. The molecule has 3 aromatic heterocycles. The first-order chi connectivity index (χ1) is 18.6. The van der Waals surface area contributed by atoms with E-state index in [2.05, 4.69) is 66.2 Å². The van der Waals surface area contributed by atoms with E-state index in [9.17, 15) is 4.79 Å². The Morgan fingerprint density at radius 3 is 2.50 bits per heavy atom. The number of benzene rings is 2. The predicted octanol–water partition coefficient (Wildman–Crippen LogP) is 3.33. The van der Waals surface area contributed by atoms with Gasteiger partial charge in [0, 0.05) is 25.1 Å². The Balaban J connectivity index is 1.61. The number of hydrogen-bond acceptors (Lipinski definition) is 8. The number of rotatable bonds is 11. The first kappa shape index (κ1) is 25.3. The molecule has 2 aromatic carbocycles. The number of anilines is 1. The van der Waals surface area contributed by atoms with Gasteiger partial charge in [0.05, 0.1) is 6.54 Å². The van der Waals surface area contributed by atoms with Gasteiger partial charge in [0.25, 0.3) is 5.56 Å². The van der Waals surface area contributed by atoms with Crippen LogP contribution in [0, 0.1) is 0 Å². The minimum atomic E-state index is -0.252. The molecule has 0 amide bonds. The van der Waals surface area contributed by atoms with Crippen molar-refractivity contribution in [1.82, 2.24) is 45.3 Å². The highest BCUT2D eigenvalue weighted by Gasteiger charge is 2.20. The minimum absolute atomic E-state index is 0.252. The predicted molar refractivity (Wildman–Crippen MR) is 148 cm³/mol. The second-order valence-electron chi connectivity index (χ2n) is 9.48. The van der Waals surface area contributed by atoms with E-state index in [-0.39, 0.29) is 5.56 Å². The topological polar surface area (TPSA) is 133 Å². The Kier molecular flexibility index (Phi) is 7.55. The number of aromatic nitrogens is 8. The lowest BCUT2D eigenvalue weighted by molar-refractivity contribution is 0.425. The second-order valence-corrected chi connectivity index (χ2v) is 9.48. The molecule has 0 unspecified atom stereocenters. The lowest BCUT2D eigenvalue weighted by Gasteiger charge is -2.15. The summed E-state index contributed by atoms with van der Waals surface area (Å²) in [6.45, 7) is 4.16. The molecule has 0 spiro atoms. The first-order valence-electron chi connectivity index (χ1n) is 12.8. The van der Waals surface area contributed by atoms with Gasteiger partial charge >= 0.3 is 0 Å². The molecule has 0 radical (unpaired) electrons. The van der Waals surface area contributed by atoms with Crippen molar-refractivity contribution in [3.05, 3.63) is 70.3 Å². The van der Waals surface area contributed by atoms with Crippen LogP contribution in [-0.2, 0) is 13.0 Å². The smallest absolute Gasteiger partial charge is 0.290 e.